The Morgan fingerprint density at radius 1 is 1.38 bits per heavy atom. The molecule has 4 amide bonds. The van der Waals surface area contributed by atoms with Crippen LogP contribution in [0.2, 0.25) is 0 Å². The second-order valence-electron chi connectivity index (χ2n) is 6.00. The summed E-state index contributed by atoms with van der Waals surface area (Å²) in [5, 5.41) is 5.07. The van der Waals surface area contributed by atoms with Gasteiger partial charge in [0.25, 0.3) is 0 Å². The molecule has 2 aliphatic heterocycles. The number of nitrogens with zero attached hydrogens (tertiary/aromatic N) is 1. The molecule has 0 aliphatic carbocycles. The summed E-state index contributed by atoms with van der Waals surface area (Å²) in [6.07, 6.45) is 1.38. The first kappa shape index (κ1) is 15.3. The molecule has 0 aromatic heterocycles. The summed E-state index contributed by atoms with van der Waals surface area (Å²) in [6, 6.07) is -1.20. The van der Waals surface area contributed by atoms with Crippen LogP contribution in [0.4, 0.5) is 0 Å². The Hall–Kier alpha value is -2.12. The van der Waals surface area contributed by atoms with Crippen LogP contribution < -0.4 is 16.4 Å². The minimum absolute atomic E-state index is 0.129. The van der Waals surface area contributed by atoms with Crippen molar-refractivity contribution in [3.63, 3.8) is 0 Å². The van der Waals surface area contributed by atoms with E-state index in [-0.39, 0.29) is 18.2 Å². The van der Waals surface area contributed by atoms with Crippen molar-refractivity contribution in [2.75, 3.05) is 6.54 Å². The maximum absolute atomic E-state index is 12.5. The average molecular weight is 296 g/mol. The van der Waals surface area contributed by atoms with Gasteiger partial charge in [-0.25, -0.2) is 0 Å². The highest BCUT2D eigenvalue weighted by Gasteiger charge is 2.42. The summed E-state index contributed by atoms with van der Waals surface area (Å²) in [7, 11) is 0. The van der Waals surface area contributed by atoms with Gasteiger partial charge in [-0.05, 0) is 26.7 Å². The molecule has 116 valence electrons. The number of hydrogen-bond acceptors (Lipinski definition) is 4. The molecule has 0 saturated carbocycles. The van der Waals surface area contributed by atoms with Gasteiger partial charge in [-0.1, -0.05) is 0 Å². The lowest BCUT2D eigenvalue weighted by molar-refractivity contribution is -0.145. The number of β-lactam (4-membered cyclic amide) rings is 1. The van der Waals surface area contributed by atoms with E-state index < -0.39 is 29.4 Å². The van der Waals surface area contributed by atoms with Crippen LogP contribution in [-0.2, 0) is 19.2 Å². The van der Waals surface area contributed by atoms with Crippen molar-refractivity contribution in [3.8, 4) is 0 Å². The van der Waals surface area contributed by atoms with Gasteiger partial charge in [0.1, 0.15) is 17.6 Å². The van der Waals surface area contributed by atoms with Crippen molar-refractivity contribution >= 4 is 23.6 Å². The van der Waals surface area contributed by atoms with Crippen LogP contribution in [0.5, 0.6) is 0 Å². The summed E-state index contributed by atoms with van der Waals surface area (Å²) < 4.78 is 0. The van der Waals surface area contributed by atoms with Crippen LogP contribution >= 0.6 is 0 Å². The molecule has 8 nitrogen and oxygen atoms in total. The van der Waals surface area contributed by atoms with Crippen LogP contribution in [0.15, 0.2) is 0 Å². The maximum atomic E-state index is 12.5. The fraction of sp³-hybridized carbons (Fsp3) is 0.692. The third-order valence-electron chi connectivity index (χ3n) is 3.85. The number of hydrogen-bond donors (Lipinski definition) is 3. The molecule has 0 radical (unpaired) electrons. The van der Waals surface area contributed by atoms with Gasteiger partial charge in [-0.15, -0.1) is 0 Å². The summed E-state index contributed by atoms with van der Waals surface area (Å²) >= 11 is 0. The van der Waals surface area contributed by atoms with Crippen molar-refractivity contribution in [1.82, 2.24) is 15.5 Å². The van der Waals surface area contributed by atoms with Gasteiger partial charge < -0.3 is 21.3 Å². The van der Waals surface area contributed by atoms with Gasteiger partial charge >= 0.3 is 0 Å². The molecule has 0 spiro atoms. The highest BCUT2D eigenvalue weighted by atomic mass is 16.2. The fourth-order valence-electron chi connectivity index (χ4n) is 2.63. The molecule has 2 rings (SSSR count). The Balaban J connectivity index is 2.01. The van der Waals surface area contributed by atoms with Crippen molar-refractivity contribution in [2.45, 2.75) is 50.7 Å². The van der Waals surface area contributed by atoms with E-state index in [1.807, 2.05) is 0 Å². The topological polar surface area (TPSA) is 122 Å². The predicted octanol–water partition coefficient (Wildman–Crippen LogP) is -1.75. The maximum Gasteiger partial charge on any atom is 0.248 e. The van der Waals surface area contributed by atoms with E-state index in [1.54, 1.807) is 13.8 Å². The summed E-state index contributed by atoms with van der Waals surface area (Å²) in [4.78, 5) is 48.1. The average Bonchev–Trinajstić information content (AvgIpc) is 2.82. The molecular formula is C13H20N4O4. The molecule has 2 fully saturated rings. The predicted molar refractivity (Wildman–Crippen MR) is 72.7 cm³/mol. The number of nitrogens with two attached hydrogens (primary N) is 1. The smallest absolute Gasteiger partial charge is 0.248 e. The normalized spacial score (nSPS) is 25.0. The Morgan fingerprint density at radius 3 is 2.52 bits per heavy atom. The quantitative estimate of drug-likeness (QED) is 0.532. The summed E-state index contributed by atoms with van der Waals surface area (Å²) in [5.41, 5.74) is 4.14. The van der Waals surface area contributed by atoms with Crippen molar-refractivity contribution in [1.29, 1.82) is 0 Å². The number of rotatable bonds is 4. The Labute approximate surface area is 122 Å². The highest BCUT2D eigenvalue weighted by Crippen LogP contribution is 2.21. The van der Waals surface area contributed by atoms with E-state index in [0.29, 0.717) is 19.4 Å². The highest BCUT2D eigenvalue weighted by molar-refractivity contribution is 6.00. The van der Waals surface area contributed by atoms with Crippen molar-refractivity contribution < 1.29 is 19.2 Å². The molecule has 0 bridgehead atoms. The van der Waals surface area contributed by atoms with Crippen LogP contribution in [0.1, 0.15) is 33.1 Å². The van der Waals surface area contributed by atoms with Gasteiger partial charge in [0.15, 0.2) is 0 Å². The van der Waals surface area contributed by atoms with Crippen LogP contribution in [-0.4, -0.2) is 52.7 Å². The monoisotopic (exact) mass is 296 g/mol. The van der Waals surface area contributed by atoms with Gasteiger partial charge in [-0.2, -0.15) is 0 Å². The molecule has 2 saturated heterocycles. The third-order valence-corrected chi connectivity index (χ3v) is 3.85. The molecule has 0 aromatic rings. The number of likely N-dealkylation sites (tertiary alicyclic amines) is 1. The number of primary amides is 1. The lowest BCUT2D eigenvalue weighted by Crippen LogP contribution is -2.64. The van der Waals surface area contributed by atoms with E-state index in [4.69, 9.17) is 5.73 Å². The third kappa shape index (κ3) is 2.98. The van der Waals surface area contributed by atoms with Gasteiger partial charge in [0.05, 0.1) is 6.42 Å². The first-order valence-electron chi connectivity index (χ1n) is 6.94. The fourth-order valence-corrected chi connectivity index (χ4v) is 2.63. The van der Waals surface area contributed by atoms with Gasteiger partial charge in [0, 0.05) is 6.54 Å². The van der Waals surface area contributed by atoms with Gasteiger partial charge in [-0.3, -0.25) is 19.2 Å². The molecular weight excluding hydrogens is 276 g/mol. The van der Waals surface area contributed by atoms with Crippen molar-refractivity contribution in [3.05, 3.63) is 0 Å². The minimum atomic E-state index is -1.16. The van der Waals surface area contributed by atoms with Crippen LogP contribution in [0, 0.1) is 0 Å². The summed E-state index contributed by atoms with van der Waals surface area (Å²) in [6.45, 7) is 3.60. The zero-order chi connectivity index (χ0) is 15.8. The van der Waals surface area contributed by atoms with E-state index in [9.17, 15) is 19.2 Å². The molecule has 8 heteroatoms. The second kappa shape index (κ2) is 5.34. The lowest BCUT2D eigenvalue weighted by atomic mass is 9.99. The lowest BCUT2D eigenvalue weighted by Gasteiger charge is -2.35. The number of amides is 4. The number of nitrogens with one attached hydrogen (secondary N) is 2. The standard InChI is InChI=1S/C13H20N4O4/c1-13(2,16-11(20)7-6-9(18)15-7)12(21)17-5-3-4-8(17)10(14)19/h7-8H,3-6H2,1-2H3,(H2,14,19)(H,15,18)(H,16,20)/t7-,8-/m0/s1. The minimum Gasteiger partial charge on any atom is -0.368 e. The SMILES string of the molecule is CC(C)(NC(=O)[C@@H]1CC(=O)N1)C(=O)N1CCC[C@H]1C(N)=O. The Morgan fingerprint density at radius 2 is 2.00 bits per heavy atom. The summed E-state index contributed by atoms with van der Waals surface area (Å²) in [5.74, 6) is -1.47. The zero-order valence-corrected chi connectivity index (χ0v) is 12.1. The van der Waals surface area contributed by atoms with E-state index in [1.165, 1.54) is 4.90 Å². The molecule has 21 heavy (non-hydrogen) atoms. The van der Waals surface area contributed by atoms with E-state index >= 15 is 0 Å². The molecule has 0 unspecified atom stereocenters. The largest absolute Gasteiger partial charge is 0.368 e. The molecule has 2 atom stereocenters. The van der Waals surface area contributed by atoms with Crippen molar-refractivity contribution in [2.24, 2.45) is 5.73 Å². The van der Waals surface area contributed by atoms with Crippen LogP contribution in [0.3, 0.4) is 0 Å². The zero-order valence-electron chi connectivity index (χ0n) is 12.1. The Kier molecular flexibility index (Phi) is 3.89. The number of carbonyl (C=O) groups excluding carboxylic acids is 4. The first-order valence-corrected chi connectivity index (χ1v) is 6.94. The Bertz CT molecular complexity index is 494. The molecule has 0 aromatic carbocycles. The van der Waals surface area contributed by atoms with E-state index in [2.05, 4.69) is 10.6 Å². The molecule has 2 aliphatic rings. The van der Waals surface area contributed by atoms with Crippen LogP contribution in [0.25, 0.3) is 0 Å². The van der Waals surface area contributed by atoms with E-state index in [0.717, 1.165) is 0 Å². The van der Waals surface area contributed by atoms with Gasteiger partial charge in [0.2, 0.25) is 23.6 Å². The number of carbonyl (C=O) groups is 4. The molecule has 2 heterocycles. The first-order chi connectivity index (χ1) is 9.72. The second-order valence-corrected chi connectivity index (χ2v) is 6.00. The molecule has 4 N–H and O–H groups in total.